The Bertz CT molecular complexity index is 811. The second kappa shape index (κ2) is 10.4. The smallest absolute Gasteiger partial charge is 0.244 e. The molecule has 0 aromatic heterocycles. The van der Waals surface area contributed by atoms with Crippen molar-refractivity contribution in [2.24, 2.45) is 5.92 Å². The van der Waals surface area contributed by atoms with Crippen LogP contribution in [0.25, 0.3) is 0 Å². The van der Waals surface area contributed by atoms with Crippen LogP contribution in [0.3, 0.4) is 0 Å². The molecule has 0 spiro atoms. The molecule has 0 radical (unpaired) electrons. The van der Waals surface area contributed by atoms with Gasteiger partial charge in [0, 0.05) is 47.1 Å². The van der Waals surface area contributed by atoms with Gasteiger partial charge in [0.1, 0.15) is 11.5 Å². The first-order valence-electron chi connectivity index (χ1n) is 9.62. The van der Waals surface area contributed by atoms with Crippen molar-refractivity contribution in [1.82, 2.24) is 5.32 Å². The number of carbonyl (C=O) groups is 2. The fourth-order valence-electron chi connectivity index (χ4n) is 2.71. The van der Waals surface area contributed by atoms with E-state index in [9.17, 15) is 13.8 Å². The van der Waals surface area contributed by atoms with Crippen LogP contribution < -0.4 is 10.1 Å². The van der Waals surface area contributed by atoms with Crippen molar-refractivity contribution >= 4 is 22.5 Å². The minimum absolute atomic E-state index is 0.00315. The van der Waals surface area contributed by atoms with Crippen LogP contribution in [0, 0.1) is 5.92 Å². The molecule has 1 N–H and O–H groups in total. The zero-order valence-electron chi connectivity index (χ0n) is 17.4. The van der Waals surface area contributed by atoms with Crippen LogP contribution in [0.2, 0.25) is 0 Å². The van der Waals surface area contributed by atoms with E-state index >= 15 is 0 Å². The second-order valence-electron chi connectivity index (χ2n) is 7.55. The predicted octanol–water partition coefficient (Wildman–Crippen LogP) is 2.90. The van der Waals surface area contributed by atoms with Crippen molar-refractivity contribution in [2.45, 2.75) is 39.2 Å². The number of carbonyl (C=O) groups excluding carboxylic acids is 2. The highest BCUT2D eigenvalue weighted by Gasteiger charge is 2.36. The summed E-state index contributed by atoms with van der Waals surface area (Å²) >= 11 is 0. The largest absolute Gasteiger partial charge is 0.494 e. The van der Waals surface area contributed by atoms with Crippen LogP contribution >= 0.6 is 0 Å². The average molecular weight is 420 g/mol. The van der Waals surface area contributed by atoms with Crippen LogP contribution in [0.4, 0.5) is 0 Å². The first-order valence-corrected chi connectivity index (χ1v) is 11.2. The molecule has 0 saturated heterocycles. The Labute approximate surface area is 174 Å². The third kappa shape index (κ3) is 7.49. The molecule has 1 aliphatic rings. The number of ether oxygens (including phenoxy) is 2. The van der Waals surface area contributed by atoms with Crippen molar-refractivity contribution in [3.8, 4) is 5.75 Å². The summed E-state index contributed by atoms with van der Waals surface area (Å²) in [5, 5.41) is 4.11. The number of nitrogens with one attached hydrogen (secondary N) is 1. The molecule has 7 heteroatoms. The van der Waals surface area contributed by atoms with Gasteiger partial charge < -0.3 is 14.8 Å². The summed E-state index contributed by atoms with van der Waals surface area (Å²) in [5.41, 5.74) is 0.324. The molecule has 6 nitrogen and oxygen atoms in total. The van der Waals surface area contributed by atoms with Crippen LogP contribution in [-0.4, -0.2) is 40.9 Å². The van der Waals surface area contributed by atoms with E-state index in [0.717, 1.165) is 23.5 Å². The maximum absolute atomic E-state index is 11.8. The van der Waals surface area contributed by atoms with Crippen molar-refractivity contribution in [3.63, 3.8) is 0 Å². The van der Waals surface area contributed by atoms with Gasteiger partial charge >= 0.3 is 0 Å². The number of hydrogen-bond donors (Lipinski definition) is 1. The van der Waals surface area contributed by atoms with E-state index in [1.807, 2.05) is 31.2 Å². The molecule has 0 bridgehead atoms. The predicted molar refractivity (Wildman–Crippen MR) is 114 cm³/mol. The fourth-order valence-corrected chi connectivity index (χ4v) is 3.03. The number of amides is 1. The van der Waals surface area contributed by atoms with Gasteiger partial charge in [-0.1, -0.05) is 19.1 Å². The Kier molecular flexibility index (Phi) is 8.20. The maximum atomic E-state index is 11.8. The van der Waals surface area contributed by atoms with Gasteiger partial charge in [0.2, 0.25) is 11.7 Å². The number of benzene rings is 1. The number of ketones is 1. The molecule has 2 rings (SSSR count). The van der Waals surface area contributed by atoms with E-state index in [-0.39, 0.29) is 17.6 Å². The molecule has 1 amide bonds. The lowest BCUT2D eigenvalue weighted by Crippen LogP contribution is -2.28. The Balaban J connectivity index is 1.70. The highest BCUT2D eigenvalue weighted by Crippen LogP contribution is 2.30. The number of hydrogen-bond acceptors (Lipinski definition) is 5. The topological polar surface area (TPSA) is 81.7 Å². The lowest BCUT2D eigenvalue weighted by Gasteiger charge is -2.21. The average Bonchev–Trinajstić information content (AvgIpc) is 2.94. The van der Waals surface area contributed by atoms with Crippen LogP contribution in [0.15, 0.2) is 47.6 Å². The molecule has 0 fully saturated rings. The van der Waals surface area contributed by atoms with E-state index in [4.69, 9.17) is 9.47 Å². The highest BCUT2D eigenvalue weighted by atomic mass is 32.2. The maximum Gasteiger partial charge on any atom is 0.244 e. The minimum Gasteiger partial charge on any atom is -0.494 e. The molecule has 1 heterocycles. The molecule has 0 unspecified atom stereocenters. The molecular weight excluding hydrogens is 390 g/mol. The Morgan fingerprint density at radius 3 is 2.59 bits per heavy atom. The lowest BCUT2D eigenvalue weighted by atomic mass is 10.0. The Morgan fingerprint density at radius 1 is 1.31 bits per heavy atom. The van der Waals surface area contributed by atoms with Gasteiger partial charge in [-0.05, 0) is 44.4 Å². The summed E-state index contributed by atoms with van der Waals surface area (Å²) in [6, 6.07) is 7.73. The van der Waals surface area contributed by atoms with Crippen molar-refractivity contribution in [1.29, 1.82) is 0 Å². The van der Waals surface area contributed by atoms with Gasteiger partial charge in [-0.15, -0.1) is 0 Å². The molecule has 29 heavy (non-hydrogen) atoms. The molecule has 1 aromatic rings. The monoisotopic (exact) mass is 419 g/mol. The van der Waals surface area contributed by atoms with Crippen LogP contribution in [0.5, 0.6) is 5.75 Å². The van der Waals surface area contributed by atoms with Crippen molar-refractivity contribution in [3.05, 3.63) is 53.1 Å². The Hall–Kier alpha value is -2.41. The number of rotatable bonds is 10. The van der Waals surface area contributed by atoms with E-state index < -0.39 is 16.4 Å². The lowest BCUT2D eigenvalue weighted by molar-refractivity contribution is -0.127. The molecule has 0 saturated carbocycles. The van der Waals surface area contributed by atoms with Crippen molar-refractivity contribution < 1.29 is 23.3 Å². The van der Waals surface area contributed by atoms with Gasteiger partial charge in [0.25, 0.3) is 0 Å². The van der Waals surface area contributed by atoms with Crippen molar-refractivity contribution in [2.75, 3.05) is 19.4 Å². The van der Waals surface area contributed by atoms with Gasteiger partial charge in [-0.3, -0.25) is 13.8 Å². The van der Waals surface area contributed by atoms with E-state index in [1.165, 1.54) is 17.7 Å². The number of allylic oxidation sites excluding steroid dienone is 1. The third-order valence-electron chi connectivity index (χ3n) is 4.59. The summed E-state index contributed by atoms with van der Waals surface area (Å²) < 4.78 is 22.4. The molecule has 0 aliphatic carbocycles. The minimum atomic E-state index is -1.12. The van der Waals surface area contributed by atoms with Crippen LogP contribution in [0.1, 0.15) is 32.8 Å². The first kappa shape index (κ1) is 22.9. The van der Waals surface area contributed by atoms with Gasteiger partial charge in [0.05, 0.1) is 6.61 Å². The van der Waals surface area contributed by atoms with E-state index in [1.54, 1.807) is 19.9 Å². The third-order valence-corrected chi connectivity index (χ3v) is 5.11. The van der Waals surface area contributed by atoms with E-state index in [0.29, 0.717) is 19.6 Å². The first-order chi connectivity index (χ1) is 13.7. The van der Waals surface area contributed by atoms with Crippen LogP contribution in [-0.2, 0) is 31.5 Å². The second-order valence-corrected chi connectivity index (χ2v) is 8.82. The van der Waals surface area contributed by atoms with Gasteiger partial charge in [0.15, 0.2) is 5.60 Å². The molecule has 2 atom stereocenters. The summed E-state index contributed by atoms with van der Waals surface area (Å²) in [6.07, 6.45) is 5.84. The standard InChI is InChI=1S/C22H29NO5S/c1-16(19-15-20(24)22(2,3)28-19)10-13-27-18-7-5-17(6-8-18)9-12-23-21(25)11-14-29(4)26/h5-8,11,14-16H,9-10,12-13H2,1-4H3,(H,23,25)/t16-,29+/m0/s1. The quantitative estimate of drug-likeness (QED) is 0.590. The highest BCUT2D eigenvalue weighted by molar-refractivity contribution is 7.87. The summed E-state index contributed by atoms with van der Waals surface area (Å²) in [5.74, 6) is 1.36. The fraction of sp³-hybridized carbons (Fsp3) is 0.455. The zero-order valence-corrected chi connectivity index (χ0v) is 18.2. The normalized spacial score (nSPS) is 17.5. The molecule has 1 aliphatic heterocycles. The zero-order chi connectivity index (χ0) is 21.4. The SMILES string of the molecule is C[C@@H](CCOc1ccc(CCNC(=O)C=C[S@@](C)=O)cc1)C1=CC(=O)C(C)(C)O1. The Morgan fingerprint density at radius 2 is 2.00 bits per heavy atom. The summed E-state index contributed by atoms with van der Waals surface area (Å²) in [6.45, 7) is 6.60. The van der Waals surface area contributed by atoms with E-state index in [2.05, 4.69) is 5.32 Å². The molecule has 1 aromatic carbocycles. The van der Waals surface area contributed by atoms with Gasteiger partial charge in [-0.25, -0.2) is 0 Å². The molecular formula is C22H29NO5S. The van der Waals surface area contributed by atoms with Gasteiger partial charge in [-0.2, -0.15) is 0 Å². The molecule has 158 valence electrons. The summed E-state index contributed by atoms with van der Waals surface area (Å²) in [7, 11) is -1.12. The summed E-state index contributed by atoms with van der Waals surface area (Å²) in [4.78, 5) is 23.4.